The molecule has 0 aliphatic rings. The zero-order chi connectivity index (χ0) is 8.74. The van der Waals surface area contributed by atoms with Gasteiger partial charge in [-0.15, -0.1) is 24.5 Å². The molecule has 0 aromatic rings. The van der Waals surface area contributed by atoms with Gasteiger partial charge in [-0.25, -0.2) is 0 Å². The number of hydrogen-bond donors (Lipinski definition) is 0. The zero-order valence-electron chi connectivity index (χ0n) is 6.47. The summed E-state index contributed by atoms with van der Waals surface area (Å²) in [6.45, 7) is 7.14. The Balaban J connectivity index is 0. The first-order valence-corrected chi connectivity index (χ1v) is 7.17. The summed E-state index contributed by atoms with van der Waals surface area (Å²) in [5, 5.41) is 0. The second kappa shape index (κ2) is 8.68. The fraction of sp³-hybridized carbons (Fsp3) is 0.333. The van der Waals surface area contributed by atoms with Crippen LogP contribution in [0.1, 0.15) is 0 Å². The first-order valence-electron chi connectivity index (χ1n) is 2.94. The average molecular weight is 305 g/mol. The van der Waals surface area contributed by atoms with E-state index in [1.807, 2.05) is 0 Å². The quantitative estimate of drug-likeness (QED) is 0.425. The standard InChI is InChI=1S/C6H11O2PS2.Mo/c1-3-5-8-9(7,10)11-6-4-2;/h3-4H,1-2,5-6H2,(H,7,10);/q;+1/p-1. The third-order valence-electron chi connectivity index (χ3n) is 0.701. The summed E-state index contributed by atoms with van der Waals surface area (Å²) in [5.74, 6) is 0.553. The summed E-state index contributed by atoms with van der Waals surface area (Å²) in [7, 11) is 0. The van der Waals surface area contributed by atoms with Gasteiger partial charge < -0.3 is 9.42 Å². The van der Waals surface area contributed by atoms with Gasteiger partial charge in [0.15, 0.2) is 0 Å². The monoisotopic (exact) mass is 307 g/mol. The van der Waals surface area contributed by atoms with E-state index < -0.39 is 5.69 Å². The molecule has 0 rings (SSSR count). The molecular weight excluding hydrogens is 295 g/mol. The summed E-state index contributed by atoms with van der Waals surface area (Å²) in [6, 6.07) is 0. The van der Waals surface area contributed by atoms with Gasteiger partial charge in [0.1, 0.15) is 0 Å². The Morgan fingerprint density at radius 3 is 2.50 bits per heavy atom. The van der Waals surface area contributed by atoms with E-state index in [4.69, 9.17) is 4.52 Å². The molecule has 0 saturated heterocycles. The Hall–Kier alpha value is 1.09. The van der Waals surface area contributed by atoms with Crippen LogP contribution in [0.3, 0.4) is 0 Å². The minimum absolute atomic E-state index is 0. The van der Waals surface area contributed by atoms with Crippen molar-refractivity contribution >= 4 is 28.9 Å². The zero-order valence-corrected chi connectivity index (χ0v) is 11.0. The van der Waals surface area contributed by atoms with Crippen molar-refractivity contribution in [1.82, 2.24) is 0 Å². The van der Waals surface area contributed by atoms with E-state index >= 15 is 0 Å². The van der Waals surface area contributed by atoms with Crippen molar-refractivity contribution in [1.29, 1.82) is 0 Å². The maximum Gasteiger partial charge on any atom is 1.00 e. The van der Waals surface area contributed by atoms with Crippen LogP contribution in [-0.4, -0.2) is 12.4 Å². The van der Waals surface area contributed by atoms with Crippen LogP contribution < -0.4 is 4.89 Å². The van der Waals surface area contributed by atoms with Gasteiger partial charge in [0, 0.05) is 11.4 Å². The van der Waals surface area contributed by atoms with Crippen LogP contribution in [-0.2, 0) is 37.4 Å². The maximum atomic E-state index is 11.2. The molecule has 0 amide bonds. The molecule has 0 aliphatic heterocycles. The summed E-state index contributed by atoms with van der Waals surface area (Å²) < 4.78 is 4.85. The van der Waals surface area contributed by atoms with Gasteiger partial charge in [-0.2, -0.15) is 0 Å². The van der Waals surface area contributed by atoms with Gasteiger partial charge in [0.05, 0.1) is 6.61 Å². The molecule has 0 saturated carbocycles. The summed E-state index contributed by atoms with van der Waals surface area (Å²) in [4.78, 5) is 11.2. The molecule has 0 bridgehead atoms. The Bertz CT molecular complexity index is 170. The molecule has 0 aromatic carbocycles. The van der Waals surface area contributed by atoms with Crippen LogP contribution in [0.25, 0.3) is 0 Å². The first kappa shape index (κ1) is 15.6. The van der Waals surface area contributed by atoms with E-state index in [0.29, 0.717) is 5.75 Å². The van der Waals surface area contributed by atoms with Crippen molar-refractivity contribution in [2.45, 2.75) is 0 Å². The van der Waals surface area contributed by atoms with Gasteiger partial charge in [-0.05, 0) is 0 Å². The predicted molar refractivity (Wildman–Crippen MR) is 53.1 cm³/mol. The molecule has 6 heteroatoms. The molecule has 1 unspecified atom stereocenters. The van der Waals surface area contributed by atoms with Gasteiger partial charge in [0.2, 0.25) is 0 Å². The molecule has 0 aromatic heterocycles. The maximum absolute atomic E-state index is 11.2. The molecule has 0 heterocycles. The molecule has 69 valence electrons. The SMILES string of the molecule is C=CCOP([O-])(=S)SCC=C.[Mo+]. The fourth-order valence-corrected chi connectivity index (χ4v) is 2.98. The molecule has 1 atom stereocenters. The second-order valence-electron chi connectivity index (χ2n) is 1.62. The molecule has 0 fully saturated rings. The topological polar surface area (TPSA) is 32.3 Å². The third-order valence-corrected chi connectivity index (χ3v) is 4.84. The number of rotatable bonds is 6. The molecule has 0 N–H and O–H groups in total. The van der Waals surface area contributed by atoms with Gasteiger partial charge in [0.25, 0.3) is 0 Å². The van der Waals surface area contributed by atoms with E-state index in [9.17, 15) is 4.89 Å². The van der Waals surface area contributed by atoms with Crippen LogP contribution >= 0.6 is 17.1 Å². The molecule has 2 nitrogen and oxygen atoms in total. The molecular formula is C6H10MoO2PS2. The molecule has 12 heavy (non-hydrogen) atoms. The Kier molecular flexibility index (Phi) is 11.2. The van der Waals surface area contributed by atoms with Crippen LogP contribution in [0.5, 0.6) is 0 Å². The van der Waals surface area contributed by atoms with Crippen molar-refractivity contribution in [3.8, 4) is 0 Å². The van der Waals surface area contributed by atoms with Crippen LogP contribution in [0, 0.1) is 0 Å². The van der Waals surface area contributed by atoms with Crippen molar-refractivity contribution < 1.29 is 30.5 Å². The fourth-order valence-electron chi connectivity index (χ4n) is 0.325. The largest absolute Gasteiger partial charge is 1.00 e. The minimum Gasteiger partial charge on any atom is -0.793 e. The second-order valence-corrected chi connectivity index (χ2v) is 7.71. The van der Waals surface area contributed by atoms with Crippen LogP contribution in [0.15, 0.2) is 25.3 Å². The van der Waals surface area contributed by atoms with Crippen molar-refractivity contribution in [3.05, 3.63) is 25.3 Å². The normalized spacial score (nSPS) is 14.1. The Morgan fingerprint density at radius 2 is 2.08 bits per heavy atom. The van der Waals surface area contributed by atoms with E-state index in [1.54, 1.807) is 6.08 Å². The van der Waals surface area contributed by atoms with Crippen LogP contribution in [0.4, 0.5) is 0 Å². The molecule has 0 spiro atoms. The Labute approximate surface area is 96.6 Å². The van der Waals surface area contributed by atoms with E-state index in [2.05, 4.69) is 25.0 Å². The van der Waals surface area contributed by atoms with E-state index in [0.717, 1.165) is 11.4 Å². The smallest absolute Gasteiger partial charge is 0.793 e. The summed E-state index contributed by atoms with van der Waals surface area (Å²) in [5.41, 5.74) is -2.87. The minimum atomic E-state index is -2.87. The van der Waals surface area contributed by atoms with Crippen LogP contribution in [0.2, 0.25) is 0 Å². The van der Waals surface area contributed by atoms with Gasteiger partial charge >= 0.3 is 21.1 Å². The predicted octanol–water partition coefficient (Wildman–Crippen LogP) is 1.69. The van der Waals surface area contributed by atoms with Crippen molar-refractivity contribution in [2.75, 3.05) is 12.4 Å². The van der Waals surface area contributed by atoms with Gasteiger partial charge in [-0.1, -0.05) is 24.0 Å². The molecule has 0 aliphatic carbocycles. The van der Waals surface area contributed by atoms with E-state index in [-0.39, 0.29) is 27.7 Å². The number of hydrogen-bond acceptors (Lipinski definition) is 4. The van der Waals surface area contributed by atoms with Crippen molar-refractivity contribution in [2.24, 2.45) is 0 Å². The Morgan fingerprint density at radius 1 is 1.50 bits per heavy atom. The summed E-state index contributed by atoms with van der Waals surface area (Å²) in [6.07, 6.45) is 3.16. The van der Waals surface area contributed by atoms with Gasteiger partial charge in [-0.3, -0.25) is 0 Å². The average Bonchev–Trinajstić information content (AvgIpc) is 1.97. The first-order chi connectivity index (χ1) is 5.12. The molecule has 1 radical (unpaired) electrons. The third kappa shape index (κ3) is 9.18. The van der Waals surface area contributed by atoms with E-state index in [1.165, 1.54) is 6.08 Å². The van der Waals surface area contributed by atoms with Crippen molar-refractivity contribution in [3.63, 3.8) is 0 Å². The summed E-state index contributed by atoms with van der Waals surface area (Å²) >= 11 is 5.78.